The number of carbonyl (C=O) groups excluding carboxylic acids is 2. The zero-order valence-corrected chi connectivity index (χ0v) is 14.8. The lowest BCUT2D eigenvalue weighted by molar-refractivity contribution is -0.116. The summed E-state index contributed by atoms with van der Waals surface area (Å²) in [5.74, 6) is 0.158. The highest BCUT2D eigenvalue weighted by molar-refractivity contribution is 5.98. The first-order valence-corrected chi connectivity index (χ1v) is 9.24. The van der Waals surface area contributed by atoms with E-state index < -0.39 is 0 Å². The van der Waals surface area contributed by atoms with E-state index in [-0.39, 0.29) is 18.4 Å². The maximum Gasteiger partial charge on any atom is 0.253 e. The molecule has 0 unspecified atom stereocenters. The molecule has 5 heteroatoms. The van der Waals surface area contributed by atoms with Crippen molar-refractivity contribution >= 4 is 23.2 Å². The minimum absolute atomic E-state index is 0.0622. The van der Waals surface area contributed by atoms with Crippen molar-refractivity contribution in [2.24, 2.45) is 0 Å². The molecule has 2 heterocycles. The van der Waals surface area contributed by atoms with Gasteiger partial charge >= 0.3 is 0 Å². The zero-order valence-electron chi connectivity index (χ0n) is 14.8. The molecule has 0 spiro atoms. The van der Waals surface area contributed by atoms with E-state index in [4.69, 9.17) is 0 Å². The van der Waals surface area contributed by atoms with Gasteiger partial charge in [-0.05, 0) is 55.2 Å². The molecule has 1 N–H and O–H groups in total. The van der Waals surface area contributed by atoms with Crippen LogP contribution in [0.25, 0.3) is 0 Å². The predicted molar refractivity (Wildman–Crippen MR) is 103 cm³/mol. The summed E-state index contributed by atoms with van der Waals surface area (Å²) in [7, 11) is 0. The molecule has 1 saturated heterocycles. The van der Waals surface area contributed by atoms with Crippen LogP contribution in [0.2, 0.25) is 0 Å². The summed E-state index contributed by atoms with van der Waals surface area (Å²) in [6.07, 6.45) is 3.09. The Labute approximate surface area is 153 Å². The molecule has 0 aliphatic carbocycles. The SMILES string of the molecule is O=C(c1ccc(NCC(=O)N2CCc3ccccc32)cc1)N1CCCC1. The van der Waals surface area contributed by atoms with E-state index in [2.05, 4.69) is 11.4 Å². The first-order chi connectivity index (χ1) is 12.7. The summed E-state index contributed by atoms with van der Waals surface area (Å²) < 4.78 is 0. The van der Waals surface area contributed by atoms with Crippen LogP contribution in [-0.2, 0) is 11.2 Å². The molecule has 0 atom stereocenters. The van der Waals surface area contributed by atoms with Gasteiger partial charge in [0.1, 0.15) is 0 Å². The second-order valence-electron chi connectivity index (χ2n) is 6.85. The number of nitrogens with zero attached hydrogens (tertiary/aromatic N) is 2. The number of rotatable bonds is 4. The van der Waals surface area contributed by atoms with Gasteiger partial charge in [-0.1, -0.05) is 18.2 Å². The van der Waals surface area contributed by atoms with Crippen molar-refractivity contribution in [3.63, 3.8) is 0 Å². The van der Waals surface area contributed by atoms with Crippen LogP contribution < -0.4 is 10.2 Å². The monoisotopic (exact) mass is 349 g/mol. The third-order valence-electron chi connectivity index (χ3n) is 5.16. The van der Waals surface area contributed by atoms with Gasteiger partial charge in [0.15, 0.2) is 0 Å². The zero-order chi connectivity index (χ0) is 17.9. The average molecular weight is 349 g/mol. The second kappa shape index (κ2) is 7.20. The fourth-order valence-electron chi connectivity index (χ4n) is 3.70. The molecule has 5 nitrogen and oxygen atoms in total. The number of anilines is 2. The summed E-state index contributed by atoms with van der Waals surface area (Å²) in [4.78, 5) is 28.6. The van der Waals surface area contributed by atoms with E-state index in [9.17, 15) is 9.59 Å². The summed E-state index contributed by atoms with van der Waals surface area (Å²) in [5.41, 5.74) is 3.80. The molecular weight excluding hydrogens is 326 g/mol. The van der Waals surface area contributed by atoms with Crippen LogP contribution >= 0.6 is 0 Å². The molecule has 2 aromatic carbocycles. The Morgan fingerprint density at radius 2 is 1.65 bits per heavy atom. The van der Waals surface area contributed by atoms with Crippen molar-refractivity contribution < 1.29 is 9.59 Å². The lowest BCUT2D eigenvalue weighted by Gasteiger charge is -2.18. The predicted octanol–water partition coefficient (Wildman–Crippen LogP) is 2.92. The lowest BCUT2D eigenvalue weighted by atomic mass is 10.2. The fourth-order valence-corrected chi connectivity index (χ4v) is 3.70. The average Bonchev–Trinajstić information content (AvgIpc) is 3.36. The summed E-state index contributed by atoms with van der Waals surface area (Å²) in [6, 6.07) is 15.5. The molecule has 1 fully saturated rings. The van der Waals surface area contributed by atoms with E-state index in [1.807, 2.05) is 52.3 Å². The molecular formula is C21H23N3O2. The number of hydrogen-bond donors (Lipinski definition) is 1. The van der Waals surface area contributed by atoms with Crippen LogP contribution in [0.4, 0.5) is 11.4 Å². The number of amides is 2. The number of para-hydroxylation sites is 1. The van der Waals surface area contributed by atoms with Crippen molar-refractivity contribution in [3.8, 4) is 0 Å². The maximum atomic E-state index is 12.5. The molecule has 4 rings (SSSR count). The third kappa shape index (κ3) is 3.29. The molecule has 0 radical (unpaired) electrons. The number of hydrogen-bond acceptors (Lipinski definition) is 3. The summed E-state index contributed by atoms with van der Waals surface area (Å²) in [5, 5.41) is 3.17. The standard InChI is InChI=1S/C21H23N3O2/c25-20(24-14-11-16-5-1-2-6-19(16)24)15-22-18-9-7-17(8-10-18)21(26)23-12-3-4-13-23/h1-2,5-10,22H,3-4,11-15H2. The van der Waals surface area contributed by atoms with E-state index in [0.717, 1.165) is 50.3 Å². The molecule has 0 bridgehead atoms. The number of nitrogens with one attached hydrogen (secondary N) is 1. The van der Waals surface area contributed by atoms with Gasteiger partial charge in [-0.25, -0.2) is 0 Å². The highest BCUT2D eigenvalue weighted by Gasteiger charge is 2.23. The number of likely N-dealkylation sites (tertiary alicyclic amines) is 1. The van der Waals surface area contributed by atoms with E-state index >= 15 is 0 Å². The lowest BCUT2D eigenvalue weighted by Crippen LogP contribution is -2.34. The molecule has 0 saturated carbocycles. The Morgan fingerprint density at radius 1 is 0.923 bits per heavy atom. The van der Waals surface area contributed by atoms with Crippen LogP contribution in [0.1, 0.15) is 28.8 Å². The Kier molecular flexibility index (Phi) is 4.61. The van der Waals surface area contributed by atoms with E-state index in [0.29, 0.717) is 5.56 Å². The van der Waals surface area contributed by atoms with Gasteiger partial charge in [-0.3, -0.25) is 9.59 Å². The number of benzene rings is 2. The van der Waals surface area contributed by atoms with Gasteiger partial charge < -0.3 is 15.1 Å². The Bertz CT molecular complexity index is 810. The fraction of sp³-hybridized carbons (Fsp3) is 0.333. The Balaban J connectivity index is 1.35. The first kappa shape index (κ1) is 16.6. The molecule has 2 amide bonds. The van der Waals surface area contributed by atoms with Crippen LogP contribution in [0.15, 0.2) is 48.5 Å². The summed E-state index contributed by atoms with van der Waals surface area (Å²) in [6.45, 7) is 2.69. The van der Waals surface area contributed by atoms with Gasteiger partial charge in [0.2, 0.25) is 5.91 Å². The van der Waals surface area contributed by atoms with Crippen LogP contribution in [0, 0.1) is 0 Å². The second-order valence-corrected chi connectivity index (χ2v) is 6.85. The van der Waals surface area contributed by atoms with Crippen molar-refractivity contribution in [3.05, 3.63) is 59.7 Å². The quantitative estimate of drug-likeness (QED) is 0.923. The largest absolute Gasteiger partial charge is 0.376 e. The Hall–Kier alpha value is -2.82. The number of carbonyl (C=O) groups is 2. The summed E-state index contributed by atoms with van der Waals surface area (Å²) >= 11 is 0. The van der Waals surface area contributed by atoms with Gasteiger partial charge in [0.25, 0.3) is 5.91 Å². The van der Waals surface area contributed by atoms with Gasteiger partial charge in [-0.15, -0.1) is 0 Å². The number of fused-ring (bicyclic) bond motifs is 1. The molecule has 134 valence electrons. The molecule has 2 aliphatic rings. The third-order valence-corrected chi connectivity index (χ3v) is 5.16. The van der Waals surface area contributed by atoms with E-state index in [1.54, 1.807) is 0 Å². The van der Waals surface area contributed by atoms with Crippen LogP contribution in [0.5, 0.6) is 0 Å². The highest BCUT2D eigenvalue weighted by Crippen LogP contribution is 2.27. The maximum absolute atomic E-state index is 12.5. The topological polar surface area (TPSA) is 52.7 Å². The molecule has 26 heavy (non-hydrogen) atoms. The van der Waals surface area contributed by atoms with Crippen molar-refractivity contribution in [2.45, 2.75) is 19.3 Å². The van der Waals surface area contributed by atoms with Crippen molar-refractivity contribution in [2.75, 3.05) is 36.4 Å². The smallest absolute Gasteiger partial charge is 0.253 e. The van der Waals surface area contributed by atoms with Crippen LogP contribution in [0.3, 0.4) is 0 Å². The van der Waals surface area contributed by atoms with Crippen LogP contribution in [-0.4, -0.2) is 42.9 Å². The Morgan fingerprint density at radius 3 is 2.42 bits per heavy atom. The molecule has 0 aromatic heterocycles. The van der Waals surface area contributed by atoms with Crippen molar-refractivity contribution in [1.29, 1.82) is 0 Å². The first-order valence-electron chi connectivity index (χ1n) is 9.24. The van der Waals surface area contributed by atoms with Crippen molar-refractivity contribution in [1.82, 2.24) is 4.90 Å². The highest BCUT2D eigenvalue weighted by atomic mass is 16.2. The van der Waals surface area contributed by atoms with E-state index in [1.165, 1.54) is 5.56 Å². The molecule has 2 aliphatic heterocycles. The van der Waals surface area contributed by atoms with Gasteiger partial charge in [0, 0.05) is 36.6 Å². The molecule has 2 aromatic rings. The minimum atomic E-state index is 0.0622. The minimum Gasteiger partial charge on any atom is -0.376 e. The van der Waals surface area contributed by atoms with Gasteiger partial charge in [-0.2, -0.15) is 0 Å². The normalized spacial score (nSPS) is 15.8. The van der Waals surface area contributed by atoms with Gasteiger partial charge in [0.05, 0.1) is 6.54 Å².